The fourth-order valence-electron chi connectivity index (χ4n) is 3.25. The van der Waals surface area contributed by atoms with Crippen LogP contribution in [0.3, 0.4) is 0 Å². The molecule has 0 amide bonds. The third-order valence-corrected chi connectivity index (χ3v) is 4.50. The van der Waals surface area contributed by atoms with Crippen LogP contribution in [0.4, 0.5) is 0 Å². The Morgan fingerprint density at radius 1 is 1.39 bits per heavy atom. The van der Waals surface area contributed by atoms with Crippen molar-refractivity contribution in [3.8, 4) is 0 Å². The summed E-state index contributed by atoms with van der Waals surface area (Å²) in [6.07, 6.45) is 5.06. The molecule has 2 rings (SSSR count). The lowest BCUT2D eigenvalue weighted by atomic mass is 9.93. The summed E-state index contributed by atoms with van der Waals surface area (Å²) in [5.41, 5.74) is 7.56. The first kappa shape index (κ1) is 13.6. The Labute approximate surface area is 111 Å². The van der Waals surface area contributed by atoms with Crippen molar-refractivity contribution in [2.45, 2.75) is 51.1 Å². The average molecular weight is 246 g/mol. The highest BCUT2D eigenvalue weighted by atomic mass is 15.0. The molecular weight excluding hydrogens is 220 g/mol. The highest BCUT2D eigenvalue weighted by Crippen LogP contribution is 2.37. The van der Waals surface area contributed by atoms with E-state index in [-0.39, 0.29) is 5.54 Å². The molecule has 2 nitrogen and oxygen atoms in total. The van der Waals surface area contributed by atoms with Crippen LogP contribution < -0.4 is 11.1 Å². The first-order valence-electron chi connectivity index (χ1n) is 7.22. The molecule has 0 aliphatic heterocycles. The summed E-state index contributed by atoms with van der Waals surface area (Å²) in [7, 11) is 0. The van der Waals surface area contributed by atoms with Crippen LogP contribution in [0, 0.1) is 5.92 Å². The Hall–Kier alpha value is -0.860. The molecule has 1 aliphatic carbocycles. The monoisotopic (exact) mass is 246 g/mol. The van der Waals surface area contributed by atoms with Crippen molar-refractivity contribution in [3.63, 3.8) is 0 Å². The molecule has 1 saturated carbocycles. The number of benzene rings is 1. The number of nitrogens with one attached hydrogen (secondary N) is 1. The van der Waals surface area contributed by atoms with Gasteiger partial charge >= 0.3 is 0 Å². The van der Waals surface area contributed by atoms with E-state index in [0.29, 0.717) is 6.04 Å². The molecule has 3 atom stereocenters. The van der Waals surface area contributed by atoms with Gasteiger partial charge in [0.25, 0.3) is 0 Å². The summed E-state index contributed by atoms with van der Waals surface area (Å²) < 4.78 is 0. The Balaban J connectivity index is 2.03. The van der Waals surface area contributed by atoms with E-state index >= 15 is 0 Å². The summed E-state index contributed by atoms with van der Waals surface area (Å²) >= 11 is 0. The van der Waals surface area contributed by atoms with Crippen LogP contribution in [0.1, 0.15) is 51.1 Å². The van der Waals surface area contributed by atoms with E-state index in [1.165, 1.54) is 31.2 Å². The van der Waals surface area contributed by atoms with Gasteiger partial charge in [0.05, 0.1) is 0 Å². The molecule has 18 heavy (non-hydrogen) atoms. The molecule has 1 fully saturated rings. The van der Waals surface area contributed by atoms with Crippen LogP contribution in [0.2, 0.25) is 0 Å². The van der Waals surface area contributed by atoms with Gasteiger partial charge in [-0.25, -0.2) is 0 Å². The molecule has 0 aromatic heterocycles. The SMILES string of the molecule is CCC1CCC(CN)(NC(C)c2ccccc2)C1. The maximum absolute atomic E-state index is 6.05. The second-order valence-corrected chi connectivity index (χ2v) is 5.78. The highest BCUT2D eigenvalue weighted by molar-refractivity contribution is 5.19. The molecule has 0 heterocycles. The van der Waals surface area contributed by atoms with Gasteiger partial charge < -0.3 is 11.1 Å². The number of hydrogen-bond acceptors (Lipinski definition) is 2. The predicted octanol–water partition coefficient (Wildman–Crippen LogP) is 3.24. The highest BCUT2D eigenvalue weighted by Gasteiger charge is 2.37. The number of nitrogens with two attached hydrogens (primary N) is 1. The average Bonchev–Trinajstić information content (AvgIpc) is 2.84. The molecule has 2 heteroatoms. The minimum atomic E-state index is 0.163. The lowest BCUT2D eigenvalue weighted by molar-refractivity contribution is 0.295. The van der Waals surface area contributed by atoms with Crippen LogP contribution in [-0.2, 0) is 0 Å². The summed E-state index contributed by atoms with van der Waals surface area (Å²) in [5.74, 6) is 0.851. The normalized spacial score (nSPS) is 29.4. The van der Waals surface area contributed by atoms with Gasteiger partial charge in [-0.05, 0) is 37.7 Å². The maximum Gasteiger partial charge on any atom is 0.0312 e. The Bertz CT molecular complexity index is 363. The topological polar surface area (TPSA) is 38.0 Å². The second kappa shape index (κ2) is 5.85. The molecule has 0 saturated heterocycles. The summed E-state index contributed by atoms with van der Waals surface area (Å²) in [6, 6.07) is 11.0. The fraction of sp³-hybridized carbons (Fsp3) is 0.625. The molecule has 0 radical (unpaired) electrons. The zero-order valence-corrected chi connectivity index (χ0v) is 11.7. The van der Waals surface area contributed by atoms with Crippen molar-refractivity contribution in [1.29, 1.82) is 0 Å². The van der Waals surface area contributed by atoms with E-state index in [1.54, 1.807) is 0 Å². The maximum atomic E-state index is 6.05. The van der Waals surface area contributed by atoms with E-state index in [2.05, 4.69) is 49.5 Å². The van der Waals surface area contributed by atoms with Gasteiger partial charge in [-0.2, -0.15) is 0 Å². The van der Waals surface area contributed by atoms with Crippen molar-refractivity contribution in [3.05, 3.63) is 35.9 Å². The lowest BCUT2D eigenvalue weighted by Crippen LogP contribution is -2.50. The predicted molar refractivity (Wildman–Crippen MR) is 77.4 cm³/mol. The zero-order chi connectivity index (χ0) is 13.0. The van der Waals surface area contributed by atoms with Crippen LogP contribution >= 0.6 is 0 Å². The first-order valence-corrected chi connectivity index (χ1v) is 7.22. The van der Waals surface area contributed by atoms with Gasteiger partial charge in [0.1, 0.15) is 0 Å². The van der Waals surface area contributed by atoms with Gasteiger partial charge in [0, 0.05) is 18.1 Å². The van der Waals surface area contributed by atoms with E-state index in [4.69, 9.17) is 5.73 Å². The Kier molecular flexibility index (Phi) is 4.41. The molecule has 1 aromatic rings. The number of hydrogen-bond donors (Lipinski definition) is 2. The standard InChI is InChI=1S/C16H26N2/c1-3-14-9-10-16(11-14,12-17)18-13(2)15-7-5-4-6-8-15/h4-8,13-14,18H,3,9-12,17H2,1-2H3. The van der Waals surface area contributed by atoms with E-state index < -0.39 is 0 Å². The first-order chi connectivity index (χ1) is 8.69. The van der Waals surface area contributed by atoms with Crippen LogP contribution in [0.15, 0.2) is 30.3 Å². The Morgan fingerprint density at radius 3 is 2.67 bits per heavy atom. The minimum Gasteiger partial charge on any atom is -0.329 e. The summed E-state index contributed by atoms with van der Waals surface area (Å²) in [4.78, 5) is 0. The molecule has 3 N–H and O–H groups in total. The van der Waals surface area contributed by atoms with E-state index in [0.717, 1.165) is 12.5 Å². The van der Waals surface area contributed by atoms with Gasteiger partial charge in [-0.1, -0.05) is 43.7 Å². The lowest BCUT2D eigenvalue weighted by Gasteiger charge is -2.33. The summed E-state index contributed by atoms with van der Waals surface area (Å²) in [6.45, 7) is 5.28. The van der Waals surface area contributed by atoms with Crippen molar-refractivity contribution < 1.29 is 0 Å². The molecular formula is C16H26N2. The van der Waals surface area contributed by atoms with Gasteiger partial charge in [-0.3, -0.25) is 0 Å². The third-order valence-electron chi connectivity index (χ3n) is 4.50. The number of rotatable bonds is 5. The van der Waals surface area contributed by atoms with E-state index in [1.807, 2.05) is 0 Å². The zero-order valence-electron chi connectivity index (χ0n) is 11.7. The van der Waals surface area contributed by atoms with Crippen molar-refractivity contribution >= 4 is 0 Å². The molecule has 1 aromatic carbocycles. The Morgan fingerprint density at radius 2 is 2.11 bits per heavy atom. The van der Waals surface area contributed by atoms with Gasteiger partial charge in [0.2, 0.25) is 0 Å². The summed E-state index contributed by atoms with van der Waals surface area (Å²) in [5, 5.41) is 3.80. The van der Waals surface area contributed by atoms with Gasteiger partial charge in [0.15, 0.2) is 0 Å². The molecule has 0 spiro atoms. The van der Waals surface area contributed by atoms with Crippen LogP contribution in [-0.4, -0.2) is 12.1 Å². The van der Waals surface area contributed by atoms with Crippen molar-refractivity contribution in [1.82, 2.24) is 5.32 Å². The molecule has 100 valence electrons. The smallest absolute Gasteiger partial charge is 0.0312 e. The van der Waals surface area contributed by atoms with Crippen molar-refractivity contribution in [2.24, 2.45) is 11.7 Å². The van der Waals surface area contributed by atoms with Crippen molar-refractivity contribution in [2.75, 3.05) is 6.54 Å². The van der Waals surface area contributed by atoms with Crippen LogP contribution in [0.5, 0.6) is 0 Å². The largest absolute Gasteiger partial charge is 0.329 e. The third kappa shape index (κ3) is 2.93. The minimum absolute atomic E-state index is 0.163. The molecule has 0 bridgehead atoms. The molecule has 1 aliphatic rings. The van der Waals surface area contributed by atoms with Crippen LogP contribution in [0.25, 0.3) is 0 Å². The fourth-order valence-corrected chi connectivity index (χ4v) is 3.25. The molecule has 3 unspecified atom stereocenters. The second-order valence-electron chi connectivity index (χ2n) is 5.78. The van der Waals surface area contributed by atoms with E-state index in [9.17, 15) is 0 Å². The quantitative estimate of drug-likeness (QED) is 0.837. The van der Waals surface area contributed by atoms with Gasteiger partial charge in [-0.15, -0.1) is 0 Å².